The molecule has 0 unspecified atom stereocenters. The SMILES string of the molecule is CC(=O)N1C[C@@H]2CCCN3CCC[C@@H]([C@H]23)[C@H]1CCCC(=O)NCCN1CCOCC1. The summed E-state index contributed by atoms with van der Waals surface area (Å²) in [4.78, 5) is 32.0. The van der Waals surface area contributed by atoms with E-state index in [1.54, 1.807) is 6.92 Å². The van der Waals surface area contributed by atoms with Gasteiger partial charge in [0.15, 0.2) is 0 Å². The van der Waals surface area contributed by atoms with Gasteiger partial charge in [0.05, 0.1) is 13.2 Å². The third-order valence-electron chi connectivity index (χ3n) is 7.83. The third-order valence-corrected chi connectivity index (χ3v) is 7.83. The summed E-state index contributed by atoms with van der Waals surface area (Å²) in [5, 5.41) is 3.08. The second-order valence-electron chi connectivity index (χ2n) is 9.67. The molecule has 0 saturated carbocycles. The molecule has 4 saturated heterocycles. The van der Waals surface area contributed by atoms with Crippen LogP contribution in [-0.4, -0.2) is 97.6 Å². The lowest BCUT2D eigenvalue weighted by molar-refractivity contribution is -0.144. The van der Waals surface area contributed by atoms with Crippen molar-refractivity contribution in [1.82, 2.24) is 20.0 Å². The largest absolute Gasteiger partial charge is 0.379 e. The number of morpholine rings is 1. The Kier molecular flexibility index (Phi) is 7.65. The summed E-state index contributed by atoms with van der Waals surface area (Å²) in [7, 11) is 0. The lowest BCUT2D eigenvalue weighted by Crippen LogP contribution is -2.65. The molecule has 4 aliphatic rings. The Morgan fingerprint density at radius 3 is 2.60 bits per heavy atom. The van der Waals surface area contributed by atoms with Gasteiger partial charge < -0.3 is 15.0 Å². The Bertz CT molecular complexity index is 593. The molecule has 0 bridgehead atoms. The topological polar surface area (TPSA) is 65.1 Å². The Morgan fingerprint density at radius 1 is 1.07 bits per heavy atom. The van der Waals surface area contributed by atoms with Gasteiger partial charge in [0, 0.05) is 58.2 Å². The molecule has 4 atom stereocenters. The highest BCUT2D eigenvalue weighted by atomic mass is 16.5. The average Bonchev–Trinajstić information content (AvgIpc) is 2.76. The monoisotopic (exact) mass is 420 g/mol. The predicted molar refractivity (Wildman–Crippen MR) is 116 cm³/mol. The number of carbonyl (C=O) groups is 2. The first-order chi connectivity index (χ1) is 14.6. The molecule has 4 fully saturated rings. The Balaban J connectivity index is 1.25. The first-order valence-electron chi connectivity index (χ1n) is 12.2. The van der Waals surface area contributed by atoms with E-state index in [9.17, 15) is 9.59 Å². The van der Waals surface area contributed by atoms with Crippen molar-refractivity contribution in [2.45, 2.75) is 64.0 Å². The number of likely N-dealkylation sites (tertiary alicyclic amines) is 1. The number of nitrogens with zero attached hydrogens (tertiary/aromatic N) is 3. The van der Waals surface area contributed by atoms with Crippen molar-refractivity contribution in [1.29, 1.82) is 0 Å². The molecule has 30 heavy (non-hydrogen) atoms. The maximum atomic E-state index is 12.5. The summed E-state index contributed by atoms with van der Waals surface area (Å²) >= 11 is 0. The molecule has 2 amide bonds. The predicted octanol–water partition coefficient (Wildman–Crippen LogP) is 1.33. The Hall–Kier alpha value is -1.18. The van der Waals surface area contributed by atoms with Crippen molar-refractivity contribution in [2.24, 2.45) is 11.8 Å². The van der Waals surface area contributed by atoms with Gasteiger partial charge in [-0.15, -0.1) is 0 Å². The van der Waals surface area contributed by atoms with Gasteiger partial charge in [0.25, 0.3) is 0 Å². The zero-order chi connectivity index (χ0) is 20.9. The standard InChI is InChI=1S/C23H40N4O3/c1-18(28)27-17-19-5-3-10-26-11-4-6-20(23(19)26)21(27)7-2-8-22(29)24-9-12-25-13-15-30-16-14-25/h19-21,23H,2-17H2,1H3,(H,24,29)/t19-,20+,21+,23-/m0/s1. The van der Waals surface area contributed by atoms with E-state index in [1.165, 1.54) is 38.8 Å². The van der Waals surface area contributed by atoms with E-state index in [2.05, 4.69) is 20.0 Å². The van der Waals surface area contributed by atoms with Crippen LogP contribution >= 0.6 is 0 Å². The van der Waals surface area contributed by atoms with Crippen LogP contribution in [0.2, 0.25) is 0 Å². The maximum Gasteiger partial charge on any atom is 0.220 e. The number of ether oxygens (including phenoxy) is 1. The van der Waals surface area contributed by atoms with Gasteiger partial charge in [-0.3, -0.25) is 19.4 Å². The van der Waals surface area contributed by atoms with Crippen molar-refractivity contribution in [3.8, 4) is 0 Å². The molecule has 0 aromatic rings. The molecule has 0 aromatic carbocycles. The second-order valence-corrected chi connectivity index (χ2v) is 9.67. The summed E-state index contributed by atoms with van der Waals surface area (Å²) in [6.07, 6.45) is 7.41. The van der Waals surface area contributed by atoms with Crippen LogP contribution in [0.15, 0.2) is 0 Å². The molecule has 7 heteroatoms. The highest BCUT2D eigenvalue weighted by Gasteiger charge is 2.48. The Labute approximate surface area is 181 Å². The third kappa shape index (κ3) is 5.17. The summed E-state index contributed by atoms with van der Waals surface area (Å²) in [5.41, 5.74) is 0. The summed E-state index contributed by atoms with van der Waals surface area (Å²) in [5.74, 6) is 1.60. The minimum atomic E-state index is 0.147. The number of piperidine rings is 3. The summed E-state index contributed by atoms with van der Waals surface area (Å²) < 4.78 is 5.37. The zero-order valence-corrected chi connectivity index (χ0v) is 18.7. The van der Waals surface area contributed by atoms with Gasteiger partial charge in [-0.25, -0.2) is 0 Å². The molecule has 0 aliphatic carbocycles. The van der Waals surface area contributed by atoms with E-state index < -0.39 is 0 Å². The summed E-state index contributed by atoms with van der Waals surface area (Å²) in [6, 6.07) is 0.973. The number of nitrogens with one attached hydrogen (secondary N) is 1. The molecule has 4 aliphatic heterocycles. The van der Waals surface area contributed by atoms with Crippen LogP contribution in [0.5, 0.6) is 0 Å². The number of hydrogen-bond acceptors (Lipinski definition) is 5. The minimum Gasteiger partial charge on any atom is -0.379 e. The summed E-state index contributed by atoms with van der Waals surface area (Å²) in [6.45, 7) is 10.2. The highest BCUT2D eigenvalue weighted by molar-refractivity contribution is 5.76. The van der Waals surface area contributed by atoms with Crippen LogP contribution in [0.25, 0.3) is 0 Å². The van der Waals surface area contributed by atoms with Crippen molar-refractivity contribution >= 4 is 11.8 Å². The van der Waals surface area contributed by atoms with Crippen LogP contribution < -0.4 is 5.32 Å². The maximum absolute atomic E-state index is 12.5. The molecule has 0 spiro atoms. The number of rotatable bonds is 7. The van der Waals surface area contributed by atoms with Gasteiger partial charge >= 0.3 is 0 Å². The second kappa shape index (κ2) is 10.4. The Morgan fingerprint density at radius 2 is 1.83 bits per heavy atom. The van der Waals surface area contributed by atoms with Crippen molar-refractivity contribution < 1.29 is 14.3 Å². The first-order valence-corrected chi connectivity index (χ1v) is 12.2. The molecule has 4 heterocycles. The minimum absolute atomic E-state index is 0.147. The molecule has 1 N–H and O–H groups in total. The molecule has 7 nitrogen and oxygen atoms in total. The number of carbonyl (C=O) groups excluding carboxylic acids is 2. The van der Waals surface area contributed by atoms with Crippen molar-refractivity contribution in [2.75, 3.05) is 59.0 Å². The van der Waals surface area contributed by atoms with Crippen LogP contribution in [0.3, 0.4) is 0 Å². The van der Waals surface area contributed by atoms with Gasteiger partial charge in [0.2, 0.25) is 11.8 Å². The molecular formula is C23H40N4O3. The molecule has 0 radical (unpaired) electrons. The number of amides is 2. The quantitative estimate of drug-likeness (QED) is 0.673. The van der Waals surface area contributed by atoms with Crippen LogP contribution in [-0.2, 0) is 14.3 Å². The zero-order valence-electron chi connectivity index (χ0n) is 18.7. The van der Waals surface area contributed by atoms with Gasteiger partial charge in [0.1, 0.15) is 0 Å². The van der Waals surface area contributed by atoms with E-state index in [1.807, 2.05) is 0 Å². The lowest BCUT2D eigenvalue weighted by atomic mass is 9.69. The fourth-order valence-corrected chi connectivity index (χ4v) is 6.47. The lowest BCUT2D eigenvalue weighted by Gasteiger charge is -2.57. The normalized spacial score (nSPS) is 32.5. The fourth-order valence-electron chi connectivity index (χ4n) is 6.47. The van der Waals surface area contributed by atoms with Gasteiger partial charge in [-0.2, -0.15) is 0 Å². The van der Waals surface area contributed by atoms with E-state index >= 15 is 0 Å². The fraction of sp³-hybridized carbons (Fsp3) is 0.913. The van der Waals surface area contributed by atoms with E-state index in [4.69, 9.17) is 4.74 Å². The molecular weight excluding hydrogens is 380 g/mol. The van der Waals surface area contributed by atoms with Gasteiger partial charge in [-0.1, -0.05) is 0 Å². The average molecular weight is 421 g/mol. The van der Waals surface area contributed by atoms with Crippen molar-refractivity contribution in [3.63, 3.8) is 0 Å². The molecule has 0 aromatic heterocycles. The van der Waals surface area contributed by atoms with E-state index in [0.717, 1.165) is 52.2 Å². The van der Waals surface area contributed by atoms with Gasteiger partial charge in [-0.05, 0) is 63.5 Å². The molecule has 170 valence electrons. The molecule has 4 rings (SSSR count). The van der Waals surface area contributed by atoms with Crippen molar-refractivity contribution in [3.05, 3.63) is 0 Å². The van der Waals surface area contributed by atoms with Crippen LogP contribution in [0.4, 0.5) is 0 Å². The highest BCUT2D eigenvalue weighted by Crippen LogP contribution is 2.43. The van der Waals surface area contributed by atoms with Crippen LogP contribution in [0.1, 0.15) is 51.9 Å². The van der Waals surface area contributed by atoms with E-state index in [-0.39, 0.29) is 11.8 Å². The van der Waals surface area contributed by atoms with E-state index in [0.29, 0.717) is 36.9 Å². The smallest absolute Gasteiger partial charge is 0.220 e. The first kappa shape index (κ1) is 22.0. The van der Waals surface area contributed by atoms with Crippen LogP contribution in [0, 0.1) is 11.8 Å². The number of hydrogen-bond donors (Lipinski definition) is 1.